The number of rotatable bonds is 10. The number of hydrogen-bond donors (Lipinski definition) is 3. The second kappa shape index (κ2) is 14.5. The van der Waals surface area contributed by atoms with E-state index in [0.717, 1.165) is 4.90 Å². The fraction of sp³-hybridized carbons (Fsp3) is 0.0968. The van der Waals surface area contributed by atoms with Crippen LogP contribution in [0.2, 0.25) is 10.0 Å². The molecule has 0 aliphatic carbocycles. The zero-order valence-electron chi connectivity index (χ0n) is 21.9. The molecule has 1 heterocycles. The Bertz CT molecular complexity index is 1570. The molecule has 41 heavy (non-hydrogen) atoms. The highest BCUT2D eigenvalue weighted by molar-refractivity contribution is 8.00. The quantitative estimate of drug-likeness (QED) is 0.130. The Morgan fingerprint density at radius 3 is 2.39 bits per heavy atom. The molecule has 0 bridgehead atoms. The van der Waals surface area contributed by atoms with Crippen LogP contribution < -0.4 is 16.0 Å². The van der Waals surface area contributed by atoms with Gasteiger partial charge < -0.3 is 16.0 Å². The summed E-state index contributed by atoms with van der Waals surface area (Å²) in [4.78, 5) is 44.1. The topological polar surface area (TPSA) is 100 Å². The zero-order chi connectivity index (χ0) is 29.2. The van der Waals surface area contributed by atoms with Crippen LogP contribution >= 0.6 is 35.0 Å². The summed E-state index contributed by atoms with van der Waals surface area (Å²) < 4.78 is 0. The largest absolute Gasteiger partial charge is 0.321 e. The summed E-state index contributed by atoms with van der Waals surface area (Å²) in [7, 11) is 0. The third-order valence-electron chi connectivity index (χ3n) is 5.74. The second-order valence-corrected chi connectivity index (χ2v) is 10.9. The fourth-order valence-electron chi connectivity index (χ4n) is 3.69. The van der Waals surface area contributed by atoms with Gasteiger partial charge in [-0.25, -0.2) is 4.98 Å². The molecule has 0 spiro atoms. The van der Waals surface area contributed by atoms with E-state index in [-0.39, 0.29) is 16.9 Å². The second-order valence-electron chi connectivity index (χ2n) is 8.74. The van der Waals surface area contributed by atoms with Gasteiger partial charge in [-0.15, -0.1) is 11.8 Å². The molecule has 1 atom stereocenters. The number of nitrogens with one attached hydrogen (secondary N) is 3. The predicted octanol–water partition coefficient (Wildman–Crippen LogP) is 7.31. The van der Waals surface area contributed by atoms with Crippen LogP contribution in [0, 0.1) is 0 Å². The van der Waals surface area contributed by atoms with Crippen LogP contribution in [0.3, 0.4) is 0 Å². The molecule has 0 aliphatic rings. The van der Waals surface area contributed by atoms with Gasteiger partial charge in [-0.3, -0.25) is 14.4 Å². The zero-order valence-corrected chi connectivity index (χ0v) is 24.3. The average Bonchev–Trinajstić information content (AvgIpc) is 2.97. The molecule has 208 valence electrons. The van der Waals surface area contributed by atoms with Crippen molar-refractivity contribution in [3.63, 3.8) is 0 Å². The van der Waals surface area contributed by atoms with Crippen molar-refractivity contribution in [2.75, 3.05) is 10.6 Å². The average molecular weight is 606 g/mol. The van der Waals surface area contributed by atoms with E-state index in [0.29, 0.717) is 39.1 Å². The first-order chi connectivity index (χ1) is 19.8. The summed E-state index contributed by atoms with van der Waals surface area (Å²) in [5, 5.41) is 8.75. The van der Waals surface area contributed by atoms with Crippen molar-refractivity contribution in [1.82, 2.24) is 10.3 Å². The molecule has 3 amide bonds. The number of amides is 3. The molecular weight excluding hydrogens is 579 g/mol. The lowest BCUT2D eigenvalue weighted by Crippen LogP contribution is -2.30. The highest BCUT2D eigenvalue weighted by atomic mass is 35.5. The smallest absolute Gasteiger partial charge is 0.272 e. The molecule has 4 rings (SSSR count). The van der Waals surface area contributed by atoms with E-state index in [1.54, 1.807) is 91.1 Å². The van der Waals surface area contributed by atoms with E-state index in [1.807, 2.05) is 13.0 Å². The summed E-state index contributed by atoms with van der Waals surface area (Å²) in [5.74, 6) is -0.692. The minimum atomic E-state index is -0.553. The van der Waals surface area contributed by atoms with Gasteiger partial charge >= 0.3 is 0 Å². The van der Waals surface area contributed by atoms with Crippen LogP contribution in [0.15, 0.2) is 108 Å². The Morgan fingerprint density at radius 2 is 1.68 bits per heavy atom. The molecule has 1 aromatic heterocycles. The Labute approximate surface area is 252 Å². The van der Waals surface area contributed by atoms with E-state index in [4.69, 9.17) is 23.2 Å². The summed E-state index contributed by atoms with van der Waals surface area (Å²) in [6.45, 7) is 1.93. The molecule has 10 heteroatoms. The first-order valence-electron chi connectivity index (χ1n) is 12.7. The molecule has 7 nitrogen and oxygen atoms in total. The molecule has 0 aliphatic heterocycles. The number of aromatic nitrogens is 1. The van der Waals surface area contributed by atoms with E-state index in [1.165, 1.54) is 17.8 Å². The van der Waals surface area contributed by atoms with Crippen LogP contribution in [0.4, 0.5) is 11.5 Å². The van der Waals surface area contributed by atoms with Gasteiger partial charge in [-0.2, -0.15) is 0 Å². The molecule has 3 N–H and O–H groups in total. The van der Waals surface area contributed by atoms with Crippen molar-refractivity contribution in [1.29, 1.82) is 0 Å². The molecular formula is C31H26Cl2N4O3S. The van der Waals surface area contributed by atoms with Crippen molar-refractivity contribution >= 4 is 70.3 Å². The molecule has 0 fully saturated rings. The minimum absolute atomic E-state index is 0.0118. The first kappa shape index (κ1) is 29.9. The molecule has 0 radical (unpaired) electrons. The van der Waals surface area contributed by atoms with Crippen LogP contribution in [-0.4, -0.2) is 28.0 Å². The molecule has 0 saturated carbocycles. The van der Waals surface area contributed by atoms with Gasteiger partial charge in [-0.05, 0) is 72.7 Å². The van der Waals surface area contributed by atoms with Gasteiger partial charge in [0.05, 0.1) is 5.25 Å². The third-order valence-corrected chi connectivity index (χ3v) is 7.66. The standard InChI is InChI=1S/C31H26Cl2N4O3S/c1-2-27(31(40)37-28-13-6-7-16-34-28)41-24-12-8-11-23(19-24)35-30(39)26(17-21-14-15-22(32)18-25(21)33)36-29(38)20-9-4-3-5-10-20/h3-19,27H,2H2,1H3,(H,35,39)(H,36,38)(H,34,37,40)/b26-17+. The van der Waals surface area contributed by atoms with Crippen molar-refractivity contribution in [3.05, 3.63) is 124 Å². The van der Waals surface area contributed by atoms with Gasteiger partial charge in [0.2, 0.25) is 5.91 Å². The number of carbonyl (C=O) groups is 3. The van der Waals surface area contributed by atoms with E-state index in [2.05, 4.69) is 20.9 Å². The van der Waals surface area contributed by atoms with Crippen LogP contribution in [0.5, 0.6) is 0 Å². The number of hydrogen-bond acceptors (Lipinski definition) is 5. The maximum atomic E-state index is 13.4. The Hall–Kier alpha value is -4.11. The summed E-state index contributed by atoms with van der Waals surface area (Å²) in [5.41, 5.74) is 1.37. The Balaban J connectivity index is 1.52. The van der Waals surface area contributed by atoms with Crippen molar-refractivity contribution in [3.8, 4) is 0 Å². The van der Waals surface area contributed by atoms with Crippen LogP contribution in [-0.2, 0) is 9.59 Å². The summed E-state index contributed by atoms with van der Waals surface area (Å²) in [6.07, 6.45) is 3.68. The number of pyridine rings is 1. The monoisotopic (exact) mass is 604 g/mol. The van der Waals surface area contributed by atoms with Crippen LogP contribution in [0.25, 0.3) is 6.08 Å². The predicted molar refractivity (Wildman–Crippen MR) is 166 cm³/mol. The van der Waals surface area contributed by atoms with Gasteiger partial charge in [-0.1, -0.05) is 66.5 Å². The number of carbonyl (C=O) groups excluding carboxylic acids is 3. The molecule has 3 aromatic carbocycles. The van der Waals surface area contributed by atoms with Crippen molar-refractivity contribution in [2.45, 2.75) is 23.5 Å². The number of benzene rings is 3. The molecule has 0 saturated heterocycles. The van der Waals surface area contributed by atoms with Gasteiger partial charge in [0.1, 0.15) is 11.5 Å². The lowest BCUT2D eigenvalue weighted by molar-refractivity contribution is -0.116. The van der Waals surface area contributed by atoms with E-state index < -0.39 is 11.8 Å². The summed E-state index contributed by atoms with van der Waals surface area (Å²) in [6, 6.07) is 25.9. The fourth-order valence-corrected chi connectivity index (χ4v) is 5.17. The lowest BCUT2D eigenvalue weighted by atomic mass is 10.1. The van der Waals surface area contributed by atoms with Gasteiger partial charge in [0, 0.05) is 32.4 Å². The number of thioether (sulfide) groups is 1. The lowest BCUT2D eigenvalue weighted by Gasteiger charge is -2.15. The molecule has 4 aromatic rings. The van der Waals surface area contributed by atoms with Crippen molar-refractivity contribution in [2.24, 2.45) is 0 Å². The molecule has 1 unspecified atom stereocenters. The first-order valence-corrected chi connectivity index (χ1v) is 14.3. The Kier molecular flexibility index (Phi) is 10.6. The number of nitrogens with zero attached hydrogens (tertiary/aromatic N) is 1. The van der Waals surface area contributed by atoms with Crippen LogP contribution in [0.1, 0.15) is 29.3 Å². The highest BCUT2D eigenvalue weighted by Crippen LogP contribution is 2.29. The number of halogens is 2. The normalized spacial score (nSPS) is 11.8. The number of anilines is 2. The maximum Gasteiger partial charge on any atom is 0.272 e. The third kappa shape index (κ3) is 8.69. The maximum absolute atomic E-state index is 13.4. The van der Waals surface area contributed by atoms with E-state index >= 15 is 0 Å². The van der Waals surface area contributed by atoms with Gasteiger partial charge in [0.15, 0.2) is 0 Å². The Morgan fingerprint density at radius 1 is 0.902 bits per heavy atom. The van der Waals surface area contributed by atoms with Crippen molar-refractivity contribution < 1.29 is 14.4 Å². The minimum Gasteiger partial charge on any atom is -0.321 e. The van der Waals surface area contributed by atoms with E-state index in [9.17, 15) is 14.4 Å². The van der Waals surface area contributed by atoms with Gasteiger partial charge in [0.25, 0.3) is 11.8 Å². The summed E-state index contributed by atoms with van der Waals surface area (Å²) >= 11 is 13.7. The highest BCUT2D eigenvalue weighted by Gasteiger charge is 2.20. The SMILES string of the molecule is CCC(Sc1cccc(NC(=O)/C(=C\c2ccc(Cl)cc2Cl)NC(=O)c2ccccc2)c1)C(=O)Nc1ccccn1.